The van der Waals surface area contributed by atoms with Crippen molar-refractivity contribution in [1.82, 2.24) is 31.9 Å². The van der Waals surface area contributed by atoms with Gasteiger partial charge in [-0.2, -0.15) is 0 Å². The lowest BCUT2D eigenvalue weighted by atomic mass is 9.98. The minimum atomic E-state index is -1.32. The van der Waals surface area contributed by atoms with Gasteiger partial charge in [0, 0.05) is 38.9 Å². The Kier molecular flexibility index (Phi) is 20.0. The van der Waals surface area contributed by atoms with Gasteiger partial charge in [0.1, 0.15) is 36.3 Å². The van der Waals surface area contributed by atoms with Gasteiger partial charge in [0.05, 0.1) is 0 Å². The normalized spacial score (nSPS) is 20.1. The molecular weight excluding hydrogens is 943 g/mol. The van der Waals surface area contributed by atoms with Crippen LogP contribution in [0.1, 0.15) is 55.2 Å². The van der Waals surface area contributed by atoms with Crippen LogP contribution in [0.3, 0.4) is 0 Å². The van der Waals surface area contributed by atoms with Crippen molar-refractivity contribution in [2.45, 2.75) is 94.0 Å². The molecule has 0 spiro atoms. The topological polar surface area (TPSA) is 368 Å². The van der Waals surface area contributed by atoms with Crippen LogP contribution in [0.2, 0.25) is 0 Å². The first-order valence-corrected chi connectivity index (χ1v) is 24.6. The summed E-state index contributed by atoms with van der Waals surface area (Å²) in [5.74, 6) is -4.90. The third-order valence-electron chi connectivity index (χ3n) is 12.4. The van der Waals surface area contributed by atoms with Gasteiger partial charge < -0.3 is 66.3 Å². The highest BCUT2D eigenvalue weighted by Gasteiger charge is 2.35. The Morgan fingerprint density at radius 3 is 0.959 bits per heavy atom. The number of amides is 6. The van der Waals surface area contributed by atoms with Crippen LogP contribution in [0.5, 0.6) is 0 Å². The van der Waals surface area contributed by atoms with Crippen molar-refractivity contribution in [3.63, 3.8) is 0 Å². The van der Waals surface area contributed by atoms with E-state index in [0.29, 0.717) is 16.7 Å². The fourth-order valence-electron chi connectivity index (χ4n) is 8.63. The predicted molar refractivity (Wildman–Crippen MR) is 287 cm³/mol. The first-order valence-electron chi connectivity index (χ1n) is 24.6. The molecule has 1 aliphatic rings. The summed E-state index contributed by atoms with van der Waals surface area (Å²) in [6, 6.07) is 27.7. The third-order valence-corrected chi connectivity index (χ3v) is 12.4. The molecule has 74 heavy (non-hydrogen) atoms. The summed E-state index contributed by atoms with van der Waals surface area (Å²) in [6.07, 6.45) is 0.555. The Morgan fingerprint density at radius 1 is 0.338 bits per heavy atom. The van der Waals surface area contributed by atoms with E-state index in [2.05, 4.69) is 46.9 Å². The zero-order valence-corrected chi connectivity index (χ0v) is 41.2. The molecule has 0 unspecified atom stereocenters. The Labute approximate surface area is 429 Å². The van der Waals surface area contributed by atoms with E-state index in [4.69, 9.17) is 34.4 Å². The maximum absolute atomic E-state index is 15.0. The number of aliphatic imine (C=N–C) groups is 3. The Morgan fingerprint density at radius 2 is 0.622 bits per heavy atom. The van der Waals surface area contributed by atoms with Crippen LogP contribution in [-0.4, -0.2) is 109 Å². The SMILES string of the molecule is NC(N)=NCCC[C@@H]1NC(=O)[C@H](CCCN=C(N)N)NC(=O)[C@H](Cc2ccc3ccccc3c2)NC(=O)[C@H](Cc2ccc3ccccc3c2)NC(=O)[C@H](CCCN=C(N)N)NC(=O)[C@H](Cc2ccccc2)NC1=O. The van der Waals surface area contributed by atoms with E-state index >= 15 is 0 Å². The van der Waals surface area contributed by atoms with E-state index in [0.717, 1.165) is 21.5 Å². The molecule has 0 bridgehead atoms. The standard InChI is InChI=1S/C53H67N15O6/c54-51(55)60-24-8-17-39-45(69)63-40(18-9-25-61-52(56)57)46(70)66-42(29-32-11-2-1-3-12-32)48(72)65-41(19-10-26-62-53(58)59)47(71)67-44(31-34-21-23-36-14-5-7-16-38(36)28-34)50(74)68-43(49(73)64-39)30-33-20-22-35-13-4-6-15-37(35)27-33/h1-7,11-16,20-23,27-28,39-44H,8-10,17-19,24-26,29-31H2,(H,63,69)(H,64,73)(H,65,72)(H,66,70)(H,67,71)(H,68,74)(H4,54,55,60)(H4,56,57,61)(H4,58,59,62)/t39-,40-,41-,42-,43-,44-/m0/s1. The fourth-order valence-corrected chi connectivity index (χ4v) is 8.63. The molecule has 5 aromatic rings. The van der Waals surface area contributed by atoms with E-state index in [9.17, 15) is 28.8 Å². The highest BCUT2D eigenvalue weighted by atomic mass is 16.2. The van der Waals surface area contributed by atoms with Crippen molar-refractivity contribution in [3.8, 4) is 0 Å². The first kappa shape index (κ1) is 54.6. The second-order valence-corrected chi connectivity index (χ2v) is 18.2. The van der Waals surface area contributed by atoms with Gasteiger partial charge in [-0.1, -0.05) is 115 Å². The summed E-state index contributed by atoms with van der Waals surface area (Å²) in [7, 11) is 0. The lowest BCUT2D eigenvalue weighted by Gasteiger charge is -2.29. The van der Waals surface area contributed by atoms with Crippen LogP contribution in [0.15, 0.2) is 130 Å². The molecule has 5 aromatic carbocycles. The second kappa shape index (κ2) is 27.2. The smallest absolute Gasteiger partial charge is 0.243 e. The molecule has 1 fully saturated rings. The minimum absolute atomic E-state index is 0.00222. The van der Waals surface area contributed by atoms with Crippen LogP contribution in [-0.2, 0) is 48.0 Å². The van der Waals surface area contributed by atoms with E-state index in [1.165, 1.54) is 0 Å². The molecule has 21 nitrogen and oxygen atoms in total. The highest BCUT2D eigenvalue weighted by Crippen LogP contribution is 2.20. The van der Waals surface area contributed by atoms with Crippen LogP contribution in [0.25, 0.3) is 21.5 Å². The van der Waals surface area contributed by atoms with E-state index < -0.39 is 71.7 Å². The maximum atomic E-state index is 15.0. The summed E-state index contributed by atoms with van der Waals surface area (Å²) in [5.41, 5.74) is 35.7. The summed E-state index contributed by atoms with van der Waals surface area (Å²) >= 11 is 0. The van der Waals surface area contributed by atoms with Crippen molar-refractivity contribution in [2.24, 2.45) is 49.4 Å². The average Bonchev–Trinajstić information content (AvgIpc) is 3.37. The second-order valence-electron chi connectivity index (χ2n) is 18.2. The van der Waals surface area contributed by atoms with E-state index in [-0.39, 0.29) is 95.3 Å². The number of nitrogens with one attached hydrogen (secondary N) is 6. The van der Waals surface area contributed by atoms with E-state index in [1.807, 2.05) is 84.9 Å². The Hall–Kier alpha value is -8.75. The molecule has 0 aliphatic carbocycles. The summed E-state index contributed by atoms with van der Waals surface area (Å²) < 4.78 is 0. The van der Waals surface area contributed by atoms with Gasteiger partial charge in [-0.05, 0) is 76.8 Å². The van der Waals surface area contributed by atoms with Gasteiger partial charge in [-0.3, -0.25) is 43.7 Å². The number of hydrogen-bond donors (Lipinski definition) is 12. The average molecular weight is 1010 g/mol. The Balaban J connectivity index is 1.45. The number of benzene rings is 5. The molecule has 6 amide bonds. The molecule has 6 atom stereocenters. The molecule has 1 aliphatic heterocycles. The molecule has 0 saturated carbocycles. The minimum Gasteiger partial charge on any atom is -0.370 e. The zero-order valence-electron chi connectivity index (χ0n) is 41.2. The van der Waals surface area contributed by atoms with Crippen molar-refractivity contribution in [3.05, 3.63) is 132 Å². The first-order chi connectivity index (χ1) is 35.6. The number of carbonyl (C=O) groups excluding carboxylic acids is 6. The number of nitrogens with zero attached hydrogens (tertiary/aromatic N) is 3. The maximum Gasteiger partial charge on any atom is 0.243 e. The van der Waals surface area contributed by atoms with Gasteiger partial charge in [0.25, 0.3) is 0 Å². The largest absolute Gasteiger partial charge is 0.370 e. The molecule has 0 aromatic heterocycles. The molecule has 1 saturated heterocycles. The van der Waals surface area contributed by atoms with E-state index in [1.54, 1.807) is 30.3 Å². The molecule has 1 heterocycles. The number of hydrogen-bond acceptors (Lipinski definition) is 9. The molecule has 6 rings (SSSR count). The summed E-state index contributed by atoms with van der Waals surface area (Å²) in [4.78, 5) is 101. The van der Waals surface area contributed by atoms with Crippen molar-refractivity contribution in [1.29, 1.82) is 0 Å². The molecule has 390 valence electrons. The predicted octanol–water partition coefficient (Wildman–Crippen LogP) is 0.104. The number of guanidine groups is 3. The summed E-state index contributed by atoms with van der Waals surface area (Å²) in [6.45, 7) is 0.307. The monoisotopic (exact) mass is 1010 g/mol. The van der Waals surface area contributed by atoms with Gasteiger partial charge in [0.15, 0.2) is 17.9 Å². The Bertz CT molecular complexity index is 2850. The van der Waals surface area contributed by atoms with Crippen molar-refractivity contribution in [2.75, 3.05) is 19.6 Å². The lowest BCUT2D eigenvalue weighted by molar-refractivity contribution is -0.136. The number of rotatable bonds is 18. The molecule has 0 radical (unpaired) electrons. The number of nitrogens with two attached hydrogens (primary N) is 6. The third kappa shape index (κ3) is 16.9. The van der Waals surface area contributed by atoms with Gasteiger partial charge in [-0.15, -0.1) is 0 Å². The number of carbonyl (C=O) groups is 6. The lowest BCUT2D eigenvalue weighted by Crippen LogP contribution is -2.62. The highest BCUT2D eigenvalue weighted by molar-refractivity contribution is 5.99. The quantitative estimate of drug-likeness (QED) is 0.0316. The number of fused-ring (bicyclic) bond motifs is 2. The summed E-state index contributed by atoms with van der Waals surface area (Å²) in [5, 5.41) is 20.8. The van der Waals surface area contributed by atoms with Crippen LogP contribution in [0, 0.1) is 0 Å². The van der Waals surface area contributed by atoms with Crippen molar-refractivity contribution < 1.29 is 28.8 Å². The fraction of sp³-hybridized carbons (Fsp3) is 0.340. The van der Waals surface area contributed by atoms with Crippen LogP contribution in [0.4, 0.5) is 0 Å². The zero-order chi connectivity index (χ0) is 53.0. The molecule has 21 heteroatoms. The van der Waals surface area contributed by atoms with Gasteiger partial charge in [0.2, 0.25) is 35.4 Å². The molecule has 18 N–H and O–H groups in total. The van der Waals surface area contributed by atoms with Crippen LogP contribution >= 0.6 is 0 Å². The van der Waals surface area contributed by atoms with Gasteiger partial charge in [-0.25, -0.2) is 0 Å². The molecular formula is C53H67N15O6. The van der Waals surface area contributed by atoms with Crippen LogP contribution < -0.4 is 66.3 Å². The van der Waals surface area contributed by atoms with Gasteiger partial charge >= 0.3 is 0 Å². The van der Waals surface area contributed by atoms with Crippen molar-refractivity contribution >= 4 is 74.9 Å².